The van der Waals surface area contributed by atoms with Crippen LogP contribution < -0.4 is 0 Å². The molecule has 0 fully saturated rings. The number of hydrogen-bond donors (Lipinski definition) is 0. The van der Waals surface area contributed by atoms with Crippen molar-refractivity contribution >= 4 is 16.2 Å². The van der Waals surface area contributed by atoms with E-state index in [-0.39, 0.29) is 4.90 Å². The maximum Gasteiger partial charge on any atom is 0.205 e. The van der Waals surface area contributed by atoms with Gasteiger partial charge >= 0.3 is 0 Å². The molecule has 0 radical (unpaired) electrons. The summed E-state index contributed by atoms with van der Waals surface area (Å²) in [5.74, 6) is 0. The highest BCUT2D eigenvalue weighted by Crippen LogP contribution is 2.39. The number of nitrogens with zero attached hydrogens (tertiary/aromatic N) is 1. The van der Waals surface area contributed by atoms with Crippen LogP contribution in [0.2, 0.25) is 0 Å². The SMILES string of the molecule is Cc1ccc(S(=O)(=O)[C@@H]2N=CO[C@@]2(C)c2ccc[cH-]2)cc1. The van der Waals surface area contributed by atoms with Gasteiger partial charge in [-0.1, -0.05) is 17.7 Å². The van der Waals surface area contributed by atoms with Crippen molar-refractivity contribution in [2.45, 2.75) is 29.7 Å². The Kier molecular flexibility index (Phi) is 3.17. The third kappa shape index (κ3) is 2.17. The van der Waals surface area contributed by atoms with Crippen LogP contribution in [0.5, 0.6) is 0 Å². The van der Waals surface area contributed by atoms with Crippen LogP contribution in [0, 0.1) is 6.92 Å². The third-order valence-corrected chi connectivity index (χ3v) is 5.93. The van der Waals surface area contributed by atoms with E-state index in [0.717, 1.165) is 11.1 Å². The molecule has 0 amide bonds. The van der Waals surface area contributed by atoms with Crippen LogP contribution >= 0.6 is 0 Å². The van der Waals surface area contributed by atoms with Gasteiger partial charge in [0.15, 0.2) is 11.8 Å². The molecule has 0 spiro atoms. The number of benzene rings is 1. The van der Waals surface area contributed by atoms with E-state index in [9.17, 15) is 8.42 Å². The largest absolute Gasteiger partial charge is 0.472 e. The molecule has 3 rings (SSSR count). The smallest absolute Gasteiger partial charge is 0.205 e. The Morgan fingerprint density at radius 3 is 2.57 bits per heavy atom. The van der Waals surface area contributed by atoms with E-state index in [0.29, 0.717) is 0 Å². The molecule has 0 aromatic heterocycles. The molecule has 0 saturated carbocycles. The summed E-state index contributed by atoms with van der Waals surface area (Å²) < 4.78 is 31.3. The molecule has 4 nitrogen and oxygen atoms in total. The monoisotopic (exact) mass is 302 g/mol. The highest BCUT2D eigenvalue weighted by atomic mass is 32.2. The van der Waals surface area contributed by atoms with Crippen LogP contribution in [-0.2, 0) is 20.2 Å². The minimum atomic E-state index is -3.61. The predicted molar refractivity (Wildman–Crippen MR) is 81.1 cm³/mol. The summed E-state index contributed by atoms with van der Waals surface area (Å²) >= 11 is 0. The van der Waals surface area contributed by atoms with E-state index in [1.807, 2.05) is 31.2 Å². The molecule has 0 saturated heterocycles. The van der Waals surface area contributed by atoms with Gasteiger partial charge in [0.05, 0.1) is 4.90 Å². The summed E-state index contributed by atoms with van der Waals surface area (Å²) in [6, 6.07) is 14.2. The first-order chi connectivity index (χ1) is 9.94. The molecule has 5 heteroatoms. The van der Waals surface area contributed by atoms with Gasteiger partial charge in [0.1, 0.15) is 5.60 Å². The molecule has 2 aromatic carbocycles. The summed E-state index contributed by atoms with van der Waals surface area (Å²) in [5.41, 5.74) is 0.826. The van der Waals surface area contributed by atoms with Crippen molar-refractivity contribution in [2.24, 2.45) is 4.99 Å². The van der Waals surface area contributed by atoms with Gasteiger partial charge in [0.2, 0.25) is 9.84 Å². The van der Waals surface area contributed by atoms with Crippen molar-refractivity contribution in [2.75, 3.05) is 0 Å². The topological polar surface area (TPSA) is 55.7 Å². The number of sulfone groups is 1. The number of rotatable bonds is 3. The standard InChI is InChI=1S/C16H16NO3S/c1-12-7-9-14(10-8-12)21(18,19)15-16(2,20-11-17-15)13-5-3-4-6-13/h3-11,15H,1-2H3/q-1/t15-,16-/m0/s1. The molecule has 1 heterocycles. The fourth-order valence-electron chi connectivity index (χ4n) is 2.54. The van der Waals surface area contributed by atoms with Crippen LogP contribution in [-0.4, -0.2) is 20.2 Å². The van der Waals surface area contributed by atoms with Gasteiger partial charge in [-0.3, -0.25) is 0 Å². The molecule has 0 N–H and O–H groups in total. The molecular formula is C16H16NO3S-. The summed E-state index contributed by atoms with van der Waals surface area (Å²) in [5, 5.41) is -0.977. The average Bonchev–Trinajstić information content (AvgIpc) is 3.09. The Hall–Kier alpha value is -2.01. The van der Waals surface area contributed by atoms with E-state index in [2.05, 4.69) is 4.99 Å². The molecule has 0 unspecified atom stereocenters. The van der Waals surface area contributed by atoms with E-state index in [4.69, 9.17) is 4.74 Å². The van der Waals surface area contributed by atoms with E-state index >= 15 is 0 Å². The molecule has 1 aliphatic rings. The normalized spacial score (nSPS) is 25.0. The number of ether oxygens (including phenoxy) is 1. The molecular weight excluding hydrogens is 286 g/mol. The Balaban J connectivity index is 2.06. The predicted octanol–water partition coefficient (Wildman–Crippen LogP) is 2.79. The van der Waals surface area contributed by atoms with Crippen molar-refractivity contribution in [3.05, 3.63) is 59.7 Å². The minimum Gasteiger partial charge on any atom is -0.472 e. The molecule has 21 heavy (non-hydrogen) atoms. The Morgan fingerprint density at radius 2 is 1.95 bits per heavy atom. The van der Waals surface area contributed by atoms with Crippen molar-refractivity contribution in [3.8, 4) is 0 Å². The lowest BCUT2D eigenvalue weighted by molar-refractivity contribution is 0.103. The van der Waals surface area contributed by atoms with Crippen molar-refractivity contribution in [1.82, 2.24) is 0 Å². The highest BCUT2D eigenvalue weighted by Gasteiger charge is 2.47. The van der Waals surface area contributed by atoms with Gasteiger partial charge in [0, 0.05) is 0 Å². The lowest BCUT2D eigenvalue weighted by Crippen LogP contribution is -2.39. The van der Waals surface area contributed by atoms with Gasteiger partial charge in [-0.25, -0.2) is 25.5 Å². The first-order valence-electron chi connectivity index (χ1n) is 6.67. The van der Waals surface area contributed by atoms with E-state index < -0.39 is 20.8 Å². The molecule has 1 aliphatic heterocycles. The third-order valence-electron chi connectivity index (χ3n) is 3.84. The number of aryl methyl sites for hydroxylation is 1. The maximum atomic E-state index is 12.9. The van der Waals surface area contributed by atoms with Crippen LogP contribution in [0.1, 0.15) is 18.1 Å². The molecule has 0 aliphatic carbocycles. The van der Waals surface area contributed by atoms with Gasteiger partial charge in [-0.2, -0.15) is 12.1 Å². The Bertz CT molecular complexity index is 760. The molecule has 2 aromatic rings. The fraction of sp³-hybridized carbons (Fsp3) is 0.250. The van der Waals surface area contributed by atoms with Gasteiger partial charge < -0.3 is 4.74 Å². The van der Waals surface area contributed by atoms with Crippen molar-refractivity contribution in [3.63, 3.8) is 0 Å². The van der Waals surface area contributed by atoms with Crippen LogP contribution in [0.4, 0.5) is 0 Å². The average molecular weight is 302 g/mol. The summed E-state index contributed by atoms with van der Waals surface area (Å²) in [4.78, 5) is 4.34. The summed E-state index contributed by atoms with van der Waals surface area (Å²) in [6.07, 6.45) is 1.24. The summed E-state index contributed by atoms with van der Waals surface area (Å²) in [6.45, 7) is 3.67. The first-order valence-corrected chi connectivity index (χ1v) is 8.21. The lowest BCUT2D eigenvalue weighted by atomic mass is 9.99. The van der Waals surface area contributed by atoms with Gasteiger partial charge in [-0.05, 0) is 26.0 Å². The highest BCUT2D eigenvalue weighted by molar-refractivity contribution is 7.92. The second-order valence-corrected chi connectivity index (χ2v) is 7.37. The first kappa shape index (κ1) is 13.9. The summed E-state index contributed by atoms with van der Waals surface area (Å²) in [7, 11) is -3.61. The lowest BCUT2D eigenvalue weighted by Gasteiger charge is -2.31. The Morgan fingerprint density at radius 1 is 1.24 bits per heavy atom. The zero-order valence-electron chi connectivity index (χ0n) is 11.9. The van der Waals surface area contributed by atoms with E-state index in [1.54, 1.807) is 31.2 Å². The fourth-order valence-corrected chi connectivity index (χ4v) is 4.31. The second-order valence-electron chi connectivity index (χ2n) is 5.36. The van der Waals surface area contributed by atoms with Crippen LogP contribution in [0.3, 0.4) is 0 Å². The molecule has 110 valence electrons. The minimum absolute atomic E-state index is 0.263. The van der Waals surface area contributed by atoms with Gasteiger partial charge in [-0.15, -0.1) is 5.56 Å². The Labute approximate surface area is 124 Å². The van der Waals surface area contributed by atoms with Gasteiger partial charge in [0.25, 0.3) is 0 Å². The molecule has 0 bridgehead atoms. The van der Waals surface area contributed by atoms with Crippen LogP contribution in [0.15, 0.2) is 58.4 Å². The number of hydrogen-bond acceptors (Lipinski definition) is 4. The van der Waals surface area contributed by atoms with Crippen molar-refractivity contribution < 1.29 is 13.2 Å². The zero-order chi connectivity index (χ0) is 15.1. The molecule has 2 atom stereocenters. The van der Waals surface area contributed by atoms with Crippen LogP contribution in [0.25, 0.3) is 0 Å². The maximum absolute atomic E-state index is 12.9. The second kappa shape index (κ2) is 4.77. The van der Waals surface area contributed by atoms with Crippen molar-refractivity contribution in [1.29, 1.82) is 0 Å². The number of aliphatic imine (C=N–C) groups is 1. The van der Waals surface area contributed by atoms with E-state index in [1.165, 1.54) is 6.40 Å². The quantitative estimate of drug-likeness (QED) is 0.819. The zero-order valence-corrected chi connectivity index (χ0v) is 12.7.